The lowest BCUT2D eigenvalue weighted by atomic mass is 9.82. The van der Waals surface area contributed by atoms with Crippen molar-refractivity contribution in [1.29, 1.82) is 0 Å². The summed E-state index contributed by atoms with van der Waals surface area (Å²) in [5.74, 6) is 0.0786. The molecule has 3 rings (SSSR count). The standard InChI is InChI=1S/C36H55N3O6/c1-10-26(25(4)40)14-15-29(18-28-22-38(35(43)45-9)32-17-16-30(44-8)20-31(28)32)37-34(42)27(21-36(5,6)7)19-33(41)39-23(2)12-11-13-24(39)3/h16-17,20,22-24,26-27,29H,10-15,18-19,21H2,1-9H3,(H,37,42)/t23-,24+,26-,27-,29-/m0/s1. The summed E-state index contributed by atoms with van der Waals surface area (Å²) in [6, 6.07) is 5.50. The molecule has 1 aromatic heterocycles. The molecule has 9 nitrogen and oxygen atoms in total. The van der Waals surface area contributed by atoms with Gasteiger partial charge in [-0.1, -0.05) is 27.7 Å². The Morgan fingerprint density at radius 2 is 1.69 bits per heavy atom. The van der Waals surface area contributed by atoms with E-state index in [0.29, 0.717) is 36.9 Å². The molecule has 0 bridgehead atoms. The van der Waals surface area contributed by atoms with Crippen LogP contribution in [-0.4, -0.2) is 65.5 Å². The van der Waals surface area contributed by atoms with Gasteiger partial charge in [0.05, 0.1) is 19.7 Å². The van der Waals surface area contributed by atoms with Gasteiger partial charge in [0.1, 0.15) is 11.5 Å². The van der Waals surface area contributed by atoms with E-state index in [4.69, 9.17) is 9.47 Å². The van der Waals surface area contributed by atoms with Gasteiger partial charge in [0.15, 0.2) is 0 Å². The lowest BCUT2D eigenvalue weighted by Gasteiger charge is -2.40. The fraction of sp³-hybridized carbons (Fsp3) is 0.667. The normalized spacial score (nSPS) is 19.1. The van der Waals surface area contributed by atoms with Gasteiger partial charge < -0.3 is 19.7 Å². The zero-order valence-corrected chi connectivity index (χ0v) is 28.9. The van der Waals surface area contributed by atoms with E-state index >= 15 is 0 Å². The highest BCUT2D eigenvalue weighted by molar-refractivity contribution is 5.93. The van der Waals surface area contributed by atoms with Crippen LogP contribution in [0, 0.1) is 17.3 Å². The Hall–Kier alpha value is -3.36. The monoisotopic (exact) mass is 625 g/mol. The number of Topliss-reactive ketones (excluding diaryl/α,β-unsaturated/α-hetero) is 1. The van der Waals surface area contributed by atoms with E-state index in [1.807, 2.05) is 24.0 Å². The van der Waals surface area contributed by atoms with E-state index in [0.717, 1.165) is 36.6 Å². The first kappa shape index (κ1) is 36.1. The van der Waals surface area contributed by atoms with Gasteiger partial charge in [-0.3, -0.25) is 19.0 Å². The second-order valence-electron chi connectivity index (χ2n) is 14.2. The highest BCUT2D eigenvalue weighted by Crippen LogP contribution is 2.31. The van der Waals surface area contributed by atoms with E-state index in [-0.39, 0.29) is 53.5 Å². The first-order valence-corrected chi connectivity index (χ1v) is 16.6. The second kappa shape index (κ2) is 15.8. The summed E-state index contributed by atoms with van der Waals surface area (Å²) in [5, 5.41) is 4.13. The Labute approximate surface area is 269 Å². The number of nitrogens with zero attached hydrogens (tertiary/aromatic N) is 2. The molecule has 250 valence electrons. The molecule has 1 aromatic carbocycles. The number of benzene rings is 1. The van der Waals surface area contributed by atoms with Crippen LogP contribution in [-0.2, 0) is 25.5 Å². The van der Waals surface area contributed by atoms with E-state index in [1.165, 1.54) is 11.7 Å². The first-order valence-electron chi connectivity index (χ1n) is 16.6. The maximum atomic E-state index is 14.1. The van der Waals surface area contributed by atoms with Crippen LogP contribution in [0.15, 0.2) is 24.4 Å². The second-order valence-corrected chi connectivity index (χ2v) is 14.2. The Morgan fingerprint density at radius 3 is 2.24 bits per heavy atom. The number of ether oxygens (including phenoxy) is 2. The molecule has 0 radical (unpaired) electrons. The number of likely N-dealkylation sites (tertiary alicyclic amines) is 1. The number of aromatic nitrogens is 1. The molecule has 1 aliphatic rings. The lowest BCUT2D eigenvalue weighted by Crippen LogP contribution is -2.49. The van der Waals surface area contributed by atoms with Crippen LogP contribution < -0.4 is 10.1 Å². The molecular formula is C36H55N3O6. The highest BCUT2D eigenvalue weighted by Gasteiger charge is 2.34. The van der Waals surface area contributed by atoms with Gasteiger partial charge in [-0.15, -0.1) is 0 Å². The molecule has 45 heavy (non-hydrogen) atoms. The summed E-state index contributed by atoms with van der Waals surface area (Å²) in [4.78, 5) is 54.8. The van der Waals surface area contributed by atoms with Crippen molar-refractivity contribution < 1.29 is 28.7 Å². The molecule has 2 aromatic rings. The molecular weight excluding hydrogens is 570 g/mol. The van der Waals surface area contributed by atoms with Gasteiger partial charge in [-0.25, -0.2) is 4.79 Å². The Morgan fingerprint density at radius 1 is 1.02 bits per heavy atom. The zero-order chi connectivity index (χ0) is 33.5. The average molecular weight is 626 g/mol. The van der Waals surface area contributed by atoms with Crippen LogP contribution >= 0.6 is 0 Å². The molecule has 0 saturated carbocycles. The molecule has 0 spiro atoms. The molecule has 5 atom stereocenters. The molecule has 1 aliphatic heterocycles. The van der Waals surface area contributed by atoms with Gasteiger partial charge in [0.25, 0.3) is 0 Å². The summed E-state index contributed by atoms with van der Waals surface area (Å²) < 4.78 is 12.0. The number of rotatable bonds is 13. The summed E-state index contributed by atoms with van der Waals surface area (Å²) >= 11 is 0. The predicted molar refractivity (Wildman–Crippen MR) is 177 cm³/mol. The minimum atomic E-state index is -0.510. The minimum absolute atomic E-state index is 0.0338. The van der Waals surface area contributed by atoms with Crippen molar-refractivity contribution >= 4 is 34.6 Å². The lowest BCUT2D eigenvalue weighted by molar-refractivity contribution is -0.142. The van der Waals surface area contributed by atoms with Crippen molar-refractivity contribution in [2.24, 2.45) is 17.3 Å². The number of hydrogen-bond acceptors (Lipinski definition) is 6. The van der Waals surface area contributed by atoms with E-state index in [2.05, 4.69) is 39.9 Å². The molecule has 9 heteroatoms. The zero-order valence-electron chi connectivity index (χ0n) is 28.9. The molecule has 0 aliphatic carbocycles. The minimum Gasteiger partial charge on any atom is -0.497 e. The Bertz CT molecular complexity index is 1330. The van der Waals surface area contributed by atoms with Crippen LogP contribution in [0.3, 0.4) is 0 Å². The highest BCUT2D eigenvalue weighted by atomic mass is 16.5. The van der Waals surface area contributed by atoms with Crippen molar-refractivity contribution in [3.8, 4) is 5.75 Å². The first-order chi connectivity index (χ1) is 21.2. The fourth-order valence-corrected chi connectivity index (χ4v) is 6.95. The summed E-state index contributed by atoms with van der Waals surface area (Å²) in [5.41, 5.74) is 1.37. The number of piperidine rings is 1. The van der Waals surface area contributed by atoms with Crippen molar-refractivity contribution in [2.45, 2.75) is 124 Å². The molecule has 1 N–H and O–H groups in total. The summed E-state index contributed by atoms with van der Waals surface area (Å²) in [6.07, 6.45) is 7.41. The summed E-state index contributed by atoms with van der Waals surface area (Å²) in [6.45, 7) is 14.1. The number of hydrogen-bond donors (Lipinski definition) is 1. The number of nitrogens with one attached hydrogen (secondary N) is 1. The number of amides is 2. The van der Waals surface area contributed by atoms with Crippen molar-refractivity contribution in [3.05, 3.63) is 30.0 Å². The molecule has 0 unspecified atom stereocenters. The average Bonchev–Trinajstić information content (AvgIpc) is 3.32. The van der Waals surface area contributed by atoms with E-state index in [9.17, 15) is 19.2 Å². The van der Waals surface area contributed by atoms with Crippen LogP contribution in [0.25, 0.3) is 10.9 Å². The number of carbonyl (C=O) groups is 4. The number of fused-ring (bicyclic) bond motifs is 1. The van der Waals surface area contributed by atoms with Gasteiger partial charge in [0, 0.05) is 48.0 Å². The third-order valence-corrected chi connectivity index (χ3v) is 9.34. The van der Waals surface area contributed by atoms with Gasteiger partial charge in [-0.2, -0.15) is 0 Å². The van der Waals surface area contributed by atoms with Gasteiger partial charge >= 0.3 is 6.09 Å². The third-order valence-electron chi connectivity index (χ3n) is 9.34. The molecule has 2 heterocycles. The topological polar surface area (TPSA) is 107 Å². The largest absolute Gasteiger partial charge is 0.497 e. The number of ketones is 1. The molecule has 2 amide bonds. The molecule has 1 fully saturated rings. The quantitative estimate of drug-likeness (QED) is 0.259. The Balaban J connectivity index is 1.95. The maximum absolute atomic E-state index is 14.1. The maximum Gasteiger partial charge on any atom is 0.418 e. The fourth-order valence-electron chi connectivity index (χ4n) is 6.95. The summed E-state index contributed by atoms with van der Waals surface area (Å²) in [7, 11) is 2.94. The van der Waals surface area contributed by atoms with Crippen LogP contribution in [0.1, 0.15) is 105 Å². The smallest absolute Gasteiger partial charge is 0.418 e. The number of carbonyl (C=O) groups excluding carboxylic acids is 4. The predicted octanol–water partition coefficient (Wildman–Crippen LogP) is 6.92. The third kappa shape index (κ3) is 9.57. The van der Waals surface area contributed by atoms with Gasteiger partial charge in [-0.05, 0) is 101 Å². The van der Waals surface area contributed by atoms with Crippen LogP contribution in [0.2, 0.25) is 0 Å². The van der Waals surface area contributed by atoms with Crippen LogP contribution in [0.4, 0.5) is 4.79 Å². The SMILES string of the molecule is CC[C@@H](CC[C@@H](Cc1cn(C(=O)OC)c2ccc(OC)cc12)NC(=O)[C@@H](CC(=O)N1[C@H](C)CCC[C@@H]1C)CC(C)(C)C)C(C)=O. The van der Waals surface area contributed by atoms with E-state index < -0.39 is 12.0 Å². The van der Waals surface area contributed by atoms with Crippen LogP contribution in [0.5, 0.6) is 5.75 Å². The molecule has 1 saturated heterocycles. The van der Waals surface area contributed by atoms with Crippen molar-refractivity contribution in [3.63, 3.8) is 0 Å². The van der Waals surface area contributed by atoms with Crippen molar-refractivity contribution in [1.82, 2.24) is 14.8 Å². The van der Waals surface area contributed by atoms with E-state index in [1.54, 1.807) is 26.3 Å². The van der Waals surface area contributed by atoms with Crippen molar-refractivity contribution in [2.75, 3.05) is 14.2 Å². The number of methoxy groups -OCH3 is 2. The van der Waals surface area contributed by atoms with Gasteiger partial charge in [0.2, 0.25) is 11.8 Å². The Kier molecular flexibility index (Phi) is 12.7.